The molecule has 1 N–H and O–H groups in total. The number of nitrogens with zero attached hydrogens (tertiary/aromatic N) is 2. The number of likely N-dealkylation sites (tertiary alicyclic amines) is 1. The molecule has 1 heterocycles. The molecule has 2 fully saturated rings. The van der Waals surface area contributed by atoms with Crippen molar-refractivity contribution in [2.45, 2.75) is 96.2 Å². The lowest BCUT2D eigenvalue weighted by Crippen LogP contribution is -2.56. The number of piperidine rings is 1. The Labute approximate surface area is 193 Å². The highest BCUT2D eigenvalue weighted by Gasteiger charge is 2.33. The Morgan fingerprint density at radius 1 is 1.03 bits per heavy atom. The number of urea groups is 1. The molecule has 180 valence electrons. The van der Waals surface area contributed by atoms with E-state index in [-0.39, 0.29) is 17.9 Å². The third-order valence-electron chi connectivity index (χ3n) is 6.77. The highest BCUT2D eigenvalue weighted by Crippen LogP contribution is 2.27. The number of hydrogen-bond acceptors (Lipinski definition) is 3. The molecule has 0 atom stereocenters. The number of rotatable bonds is 8. The maximum absolute atomic E-state index is 13.2. The lowest BCUT2D eigenvalue weighted by atomic mass is 9.92. The zero-order valence-corrected chi connectivity index (χ0v) is 20.0. The van der Waals surface area contributed by atoms with Crippen LogP contribution in [-0.4, -0.2) is 60.2 Å². The summed E-state index contributed by atoms with van der Waals surface area (Å²) < 4.78 is 18.7. The Morgan fingerprint density at radius 3 is 2.25 bits per heavy atom. The third kappa shape index (κ3) is 7.95. The number of benzene rings is 1. The van der Waals surface area contributed by atoms with E-state index in [0.717, 1.165) is 57.5 Å². The van der Waals surface area contributed by atoms with Gasteiger partial charge in [-0.2, -0.15) is 0 Å². The van der Waals surface area contributed by atoms with Gasteiger partial charge in [0, 0.05) is 37.8 Å². The van der Waals surface area contributed by atoms with Crippen LogP contribution in [0.2, 0.25) is 0 Å². The topological polar surface area (TPSA) is 44.8 Å². The highest BCUT2D eigenvalue weighted by molar-refractivity contribution is 5.75. The predicted molar refractivity (Wildman–Crippen MR) is 128 cm³/mol. The summed E-state index contributed by atoms with van der Waals surface area (Å²) in [6.45, 7) is 7.78. The van der Waals surface area contributed by atoms with Crippen molar-refractivity contribution in [2.75, 3.05) is 26.2 Å². The van der Waals surface area contributed by atoms with Crippen molar-refractivity contribution in [3.8, 4) is 5.75 Å². The zero-order chi connectivity index (χ0) is 22.8. The van der Waals surface area contributed by atoms with Crippen LogP contribution in [0.1, 0.15) is 78.1 Å². The van der Waals surface area contributed by atoms with Crippen LogP contribution in [0.4, 0.5) is 9.18 Å². The second-order valence-corrected chi connectivity index (χ2v) is 9.74. The molecule has 0 spiro atoms. The van der Waals surface area contributed by atoms with Gasteiger partial charge in [0.2, 0.25) is 0 Å². The van der Waals surface area contributed by atoms with Crippen molar-refractivity contribution in [1.29, 1.82) is 0 Å². The molecule has 1 aromatic rings. The molecule has 32 heavy (non-hydrogen) atoms. The molecule has 5 nitrogen and oxygen atoms in total. The number of nitrogens with one attached hydrogen (secondary N) is 1. The van der Waals surface area contributed by atoms with Crippen molar-refractivity contribution >= 4 is 6.03 Å². The summed E-state index contributed by atoms with van der Waals surface area (Å²) >= 11 is 0. The fourth-order valence-electron chi connectivity index (χ4n) is 5.09. The molecule has 1 aliphatic carbocycles. The SMILES string of the molecule is CC(C)NC(=O)N(C1CCCCCCC1)C1CCN(CCCOc2ccc(F)cc2)CC1. The molecule has 1 saturated heterocycles. The molecule has 0 unspecified atom stereocenters. The first-order valence-electron chi connectivity index (χ1n) is 12.7. The van der Waals surface area contributed by atoms with E-state index < -0.39 is 0 Å². The van der Waals surface area contributed by atoms with Crippen LogP contribution in [0.3, 0.4) is 0 Å². The molecule has 1 aliphatic heterocycles. The number of carbonyl (C=O) groups is 1. The van der Waals surface area contributed by atoms with E-state index >= 15 is 0 Å². The third-order valence-corrected chi connectivity index (χ3v) is 6.77. The van der Waals surface area contributed by atoms with Crippen LogP contribution in [0, 0.1) is 5.82 Å². The van der Waals surface area contributed by atoms with Crippen molar-refractivity contribution < 1.29 is 13.9 Å². The van der Waals surface area contributed by atoms with Crippen LogP contribution < -0.4 is 10.1 Å². The van der Waals surface area contributed by atoms with Crippen LogP contribution in [0.15, 0.2) is 24.3 Å². The molecular formula is C26H42FN3O2. The Bertz CT molecular complexity index is 666. The molecule has 0 radical (unpaired) electrons. The summed E-state index contributed by atoms with van der Waals surface area (Å²) in [6.07, 6.45) is 11.7. The lowest BCUT2D eigenvalue weighted by molar-refractivity contribution is 0.0821. The summed E-state index contributed by atoms with van der Waals surface area (Å²) in [4.78, 5) is 17.9. The minimum Gasteiger partial charge on any atom is -0.494 e. The number of amides is 2. The maximum Gasteiger partial charge on any atom is 0.318 e. The van der Waals surface area contributed by atoms with Gasteiger partial charge in [0.15, 0.2) is 0 Å². The van der Waals surface area contributed by atoms with E-state index in [1.165, 1.54) is 44.2 Å². The molecular weight excluding hydrogens is 405 g/mol. The normalized spacial score (nSPS) is 19.4. The van der Waals surface area contributed by atoms with Crippen LogP contribution in [0.25, 0.3) is 0 Å². The molecule has 0 aromatic heterocycles. The number of ether oxygens (including phenoxy) is 1. The van der Waals surface area contributed by atoms with Gasteiger partial charge in [0.1, 0.15) is 11.6 Å². The quantitative estimate of drug-likeness (QED) is 0.528. The molecule has 1 saturated carbocycles. The first kappa shape index (κ1) is 24.8. The summed E-state index contributed by atoms with van der Waals surface area (Å²) in [7, 11) is 0. The highest BCUT2D eigenvalue weighted by atomic mass is 19.1. The summed E-state index contributed by atoms with van der Waals surface area (Å²) in [6, 6.07) is 7.23. The Kier molecular flexibility index (Phi) is 10.1. The van der Waals surface area contributed by atoms with Gasteiger partial charge in [-0.25, -0.2) is 9.18 Å². The van der Waals surface area contributed by atoms with Gasteiger partial charge in [-0.1, -0.05) is 32.1 Å². The number of carbonyl (C=O) groups excluding carboxylic acids is 1. The first-order chi connectivity index (χ1) is 15.5. The average Bonchev–Trinajstić information content (AvgIpc) is 2.74. The average molecular weight is 448 g/mol. The van der Waals surface area contributed by atoms with Crippen molar-refractivity contribution in [3.05, 3.63) is 30.1 Å². The van der Waals surface area contributed by atoms with E-state index in [9.17, 15) is 9.18 Å². The smallest absolute Gasteiger partial charge is 0.318 e. The van der Waals surface area contributed by atoms with Crippen LogP contribution in [-0.2, 0) is 0 Å². The van der Waals surface area contributed by atoms with E-state index in [4.69, 9.17) is 4.74 Å². The van der Waals surface area contributed by atoms with Crippen molar-refractivity contribution in [1.82, 2.24) is 15.1 Å². The summed E-state index contributed by atoms with van der Waals surface area (Å²) in [5.41, 5.74) is 0. The zero-order valence-electron chi connectivity index (χ0n) is 20.0. The van der Waals surface area contributed by atoms with E-state index in [0.29, 0.717) is 18.7 Å². The standard InChI is InChI=1S/C26H42FN3O2/c1-21(2)28-26(31)30(23-9-6-4-3-5-7-10-23)24-15-18-29(19-16-24)17-8-20-32-25-13-11-22(27)12-14-25/h11-14,21,23-24H,3-10,15-20H2,1-2H3,(H,28,31). The minimum absolute atomic E-state index is 0.136. The van der Waals surface area contributed by atoms with Gasteiger partial charge < -0.3 is 19.9 Å². The number of hydrogen-bond donors (Lipinski definition) is 1. The Balaban J connectivity index is 1.46. The molecule has 1 aromatic carbocycles. The van der Waals surface area contributed by atoms with Crippen molar-refractivity contribution in [2.24, 2.45) is 0 Å². The number of halogens is 1. The molecule has 3 rings (SSSR count). The fourth-order valence-corrected chi connectivity index (χ4v) is 5.09. The second kappa shape index (κ2) is 13.0. The molecule has 2 amide bonds. The molecule has 2 aliphatic rings. The van der Waals surface area contributed by atoms with E-state index in [1.54, 1.807) is 12.1 Å². The van der Waals surface area contributed by atoms with E-state index in [2.05, 4.69) is 15.1 Å². The lowest BCUT2D eigenvalue weighted by Gasteiger charge is -2.43. The monoisotopic (exact) mass is 447 g/mol. The maximum atomic E-state index is 13.2. The minimum atomic E-state index is -0.240. The van der Waals surface area contributed by atoms with Gasteiger partial charge in [-0.3, -0.25) is 0 Å². The molecule has 0 bridgehead atoms. The van der Waals surface area contributed by atoms with Crippen LogP contribution >= 0.6 is 0 Å². The Morgan fingerprint density at radius 2 is 1.62 bits per heavy atom. The molecule has 6 heteroatoms. The van der Waals surface area contributed by atoms with Gasteiger partial charge in [-0.05, 0) is 70.2 Å². The van der Waals surface area contributed by atoms with Gasteiger partial charge >= 0.3 is 6.03 Å². The van der Waals surface area contributed by atoms with Gasteiger partial charge in [-0.15, -0.1) is 0 Å². The van der Waals surface area contributed by atoms with Gasteiger partial charge in [0.05, 0.1) is 6.61 Å². The van der Waals surface area contributed by atoms with E-state index in [1.807, 2.05) is 13.8 Å². The second-order valence-electron chi connectivity index (χ2n) is 9.74. The summed E-state index contributed by atoms with van der Waals surface area (Å²) in [5, 5.41) is 3.18. The van der Waals surface area contributed by atoms with Crippen molar-refractivity contribution in [3.63, 3.8) is 0 Å². The van der Waals surface area contributed by atoms with Gasteiger partial charge in [0.25, 0.3) is 0 Å². The van der Waals surface area contributed by atoms with Crippen LogP contribution in [0.5, 0.6) is 5.75 Å². The fraction of sp³-hybridized carbons (Fsp3) is 0.731. The predicted octanol–water partition coefficient (Wildman–Crippen LogP) is 5.59. The Hall–Kier alpha value is -1.82. The summed E-state index contributed by atoms with van der Waals surface area (Å²) in [5.74, 6) is 0.479. The largest absolute Gasteiger partial charge is 0.494 e. The first-order valence-corrected chi connectivity index (χ1v) is 12.7.